The zero-order chi connectivity index (χ0) is 15.7. The van der Waals surface area contributed by atoms with Crippen LogP contribution in [0.5, 0.6) is 5.75 Å². The van der Waals surface area contributed by atoms with Gasteiger partial charge in [-0.2, -0.15) is 5.10 Å². The third kappa shape index (κ3) is 3.39. The molecule has 2 fully saturated rings. The van der Waals surface area contributed by atoms with Gasteiger partial charge in [0.15, 0.2) is 6.10 Å². The SMILES string of the molecule is C[C@H](Oc1ccc(Cl)cc1Cl)C(=O)N/N=C1\C[C@H]2CC[C@H]1C2. The largest absolute Gasteiger partial charge is 0.479 e. The number of rotatable bonds is 4. The highest BCUT2D eigenvalue weighted by molar-refractivity contribution is 6.35. The molecular weight excluding hydrogens is 323 g/mol. The molecule has 2 aliphatic rings. The normalized spacial score (nSPS) is 26.2. The second-order valence-electron chi connectivity index (χ2n) is 5.99. The maximum Gasteiger partial charge on any atom is 0.280 e. The predicted molar refractivity (Wildman–Crippen MR) is 87.6 cm³/mol. The molecule has 3 atom stereocenters. The number of fused-ring (bicyclic) bond motifs is 2. The van der Waals surface area contributed by atoms with Gasteiger partial charge in [0.05, 0.1) is 5.02 Å². The average Bonchev–Trinajstić information content (AvgIpc) is 3.10. The van der Waals surface area contributed by atoms with Gasteiger partial charge in [0.2, 0.25) is 0 Å². The number of nitrogens with one attached hydrogen (secondary N) is 1. The molecule has 0 saturated heterocycles. The number of halogens is 2. The monoisotopic (exact) mass is 340 g/mol. The van der Waals surface area contributed by atoms with E-state index in [0.29, 0.717) is 21.7 Å². The van der Waals surface area contributed by atoms with Gasteiger partial charge in [-0.3, -0.25) is 4.79 Å². The van der Waals surface area contributed by atoms with Crippen LogP contribution in [0, 0.1) is 11.8 Å². The van der Waals surface area contributed by atoms with E-state index in [4.69, 9.17) is 27.9 Å². The topological polar surface area (TPSA) is 50.7 Å². The molecular formula is C16H18Cl2N2O2. The van der Waals surface area contributed by atoms with E-state index in [0.717, 1.165) is 18.1 Å². The molecule has 0 aromatic heterocycles. The van der Waals surface area contributed by atoms with Crippen molar-refractivity contribution in [3.63, 3.8) is 0 Å². The van der Waals surface area contributed by atoms with Crippen LogP contribution in [0.15, 0.2) is 23.3 Å². The van der Waals surface area contributed by atoms with E-state index >= 15 is 0 Å². The third-order valence-corrected chi connectivity index (χ3v) is 4.92. The lowest BCUT2D eigenvalue weighted by molar-refractivity contribution is -0.127. The second kappa shape index (κ2) is 6.47. The van der Waals surface area contributed by atoms with E-state index in [9.17, 15) is 4.79 Å². The fourth-order valence-electron chi connectivity index (χ4n) is 3.19. The number of amides is 1. The molecule has 3 rings (SSSR count). The summed E-state index contributed by atoms with van der Waals surface area (Å²) in [5.74, 6) is 1.48. The predicted octanol–water partition coefficient (Wildman–Crippen LogP) is 4.05. The molecule has 1 N–H and O–H groups in total. The van der Waals surface area contributed by atoms with Gasteiger partial charge in [-0.1, -0.05) is 23.2 Å². The minimum absolute atomic E-state index is 0.277. The second-order valence-corrected chi connectivity index (χ2v) is 6.84. The molecule has 0 aliphatic heterocycles. The lowest BCUT2D eigenvalue weighted by atomic mass is 9.99. The maximum absolute atomic E-state index is 12.1. The molecule has 0 radical (unpaired) electrons. The summed E-state index contributed by atoms with van der Waals surface area (Å²) in [5, 5.41) is 5.19. The molecule has 0 spiro atoms. The van der Waals surface area contributed by atoms with Gasteiger partial charge in [0, 0.05) is 10.7 Å². The summed E-state index contributed by atoms with van der Waals surface area (Å²) in [6, 6.07) is 4.90. The molecule has 0 unspecified atom stereocenters. The Kier molecular flexibility index (Phi) is 4.59. The molecule has 1 aromatic rings. The number of ether oxygens (including phenoxy) is 1. The summed E-state index contributed by atoms with van der Waals surface area (Å²) in [6.07, 6.45) is 4.06. The molecule has 6 heteroatoms. The van der Waals surface area contributed by atoms with E-state index in [1.165, 1.54) is 19.3 Å². The van der Waals surface area contributed by atoms with Crippen LogP contribution < -0.4 is 10.2 Å². The standard InChI is InChI=1S/C16H18Cl2N2O2/c1-9(22-15-5-4-12(17)8-13(15)18)16(21)20-19-14-7-10-2-3-11(14)6-10/h4-5,8-11H,2-3,6-7H2,1H3,(H,20,21)/b19-14+/t9-,10-,11-/m0/s1. The summed E-state index contributed by atoms with van der Waals surface area (Å²) in [7, 11) is 0. The summed E-state index contributed by atoms with van der Waals surface area (Å²) in [6.45, 7) is 1.67. The molecule has 0 heterocycles. The van der Waals surface area contributed by atoms with Crippen LogP contribution in [-0.2, 0) is 4.79 Å². The summed E-state index contributed by atoms with van der Waals surface area (Å²) < 4.78 is 5.57. The first kappa shape index (κ1) is 15.6. The van der Waals surface area contributed by atoms with Crippen LogP contribution in [-0.4, -0.2) is 17.7 Å². The van der Waals surface area contributed by atoms with Crippen LogP contribution >= 0.6 is 23.2 Å². The number of nitrogens with zero attached hydrogens (tertiary/aromatic N) is 1. The fraction of sp³-hybridized carbons (Fsp3) is 0.500. The Morgan fingerprint density at radius 3 is 2.86 bits per heavy atom. The van der Waals surface area contributed by atoms with Crippen molar-refractivity contribution in [2.75, 3.05) is 0 Å². The highest BCUT2D eigenvalue weighted by atomic mass is 35.5. The van der Waals surface area contributed by atoms with E-state index in [1.807, 2.05) is 0 Å². The van der Waals surface area contributed by atoms with Gasteiger partial charge in [0.25, 0.3) is 5.91 Å². The first-order valence-corrected chi connectivity index (χ1v) is 8.26. The third-order valence-electron chi connectivity index (χ3n) is 4.39. The number of hydrogen-bond donors (Lipinski definition) is 1. The Morgan fingerprint density at radius 1 is 1.41 bits per heavy atom. The molecule has 2 saturated carbocycles. The van der Waals surface area contributed by atoms with Gasteiger partial charge in [0.1, 0.15) is 5.75 Å². The van der Waals surface area contributed by atoms with Gasteiger partial charge in [-0.25, -0.2) is 5.43 Å². The van der Waals surface area contributed by atoms with Crippen molar-refractivity contribution in [1.82, 2.24) is 5.43 Å². The van der Waals surface area contributed by atoms with Crippen molar-refractivity contribution in [3.05, 3.63) is 28.2 Å². The van der Waals surface area contributed by atoms with Gasteiger partial charge >= 0.3 is 0 Å². The van der Waals surface area contributed by atoms with E-state index in [-0.39, 0.29) is 5.91 Å². The smallest absolute Gasteiger partial charge is 0.280 e. The maximum atomic E-state index is 12.1. The molecule has 118 valence electrons. The van der Waals surface area contributed by atoms with Crippen molar-refractivity contribution in [2.45, 2.75) is 38.7 Å². The fourth-order valence-corrected chi connectivity index (χ4v) is 3.65. The van der Waals surface area contributed by atoms with E-state index in [2.05, 4.69) is 10.5 Å². The van der Waals surface area contributed by atoms with Crippen molar-refractivity contribution in [1.29, 1.82) is 0 Å². The average molecular weight is 341 g/mol. The molecule has 22 heavy (non-hydrogen) atoms. The van der Waals surface area contributed by atoms with Crippen LogP contribution in [0.3, 0.4) is 0 Å². The highest BCUT2D eigenvalue weighted by Crippen LogP contribution is 2.42. The zero-order valence-electron chi connectivity index (χ0n) is 12.3. The van der Waals surface area contributed by atoms with Crippen molar-refractivity contribution in [3.8, 4) is 5.75 Å². The Morgan fingerprint density at radius 2 is 2.23 bits per heavy atom. The first-order valence-electron chi connectivity index (χ1n) is 7.51. The van der Waals surface area contributed by atoms with Gasteiger partial charge in [-0.15, -0.1) is 0 Å². The Labute approximate surface area is 139 Å². The summed E-state index contributed by atoms with van der Waals surface area (Å²) in [4.78, 5) is 12.1. The quantitative estimate of drug-likeness (QED) is 0.840. The van der Waals surface area contributed by atoms with Crippen molar-refractivity contribution >= 4 is 34.8 Å². The zero-order valence-corrected chi connectivity index (χ0v) is 13.8. The van der Waals surface area contributed by atoms with Gasteiger partial charge < -0.3 is 4.74 Å². The lowest BCUT2D eigenvalue weighted by Crippen LogP contribution is -2.34. The van der Waals surface area contributed by atoms with Crippen LogP contribution in [0.1, 0.15) is 32.6 Å². The van der Waals surface area contributed by atoms with Crippen LogP contribution in [0.2, 0.25) is 10.0 Å². The number of carbonyl (C=O) groups is 1. The number of carbonyl (C=O) groups excluding carboxylic acids is 1. The minimum Gasteiger partial charge on any atom is -0.479 e. The first-order chi connectivity index (χ1) is 10.5. The minimum atomic E-state index is -0.679. The van der Waals surface area contributed by atoms with Gasteiger partial charge in [-0.05, 0) is 62.6 Å². The Balaban J connectivity index is 1.57. The number of benzene rings is 1. The van der Waals surface area contributed by atoms with Crippen LogP contribution in [0.25, 0.3) is 0 Å². The number of hydrogen-bond acceptors (Lipinski definition) is 3. The molecule has 2 aliphatic carbocycles. The summed E-state index contributed by atoms with van der Waals surface area (Å²) in [5.41, 5.74) is 3.74. The molecule has 1 amide bonds. The van der Waals surface area contributed by atoms with E-state index in [1.54, 1.807) is 25.1 Å². The highest BCUT2D eigenvalue weighted by Gasteiger charge is 2.36. The Bertz CT molecular complexity index is 618. The molecule has 2 bridgehead atoms. The van der Waals surface area contributed by atoms with Crippen molar-refractivity contribution in [2.24, 2.45) is 16.9 Å². The summed E-state index contributed by atoms with van der Waals surface area (Å²) >= 11 is 11.9. The van der Waals surface area contributed by atoms with Crippen LogP contribution in [0.4, 0.5) is 0 Å². The number of hydrazone groups is 1. The lowest BCUT2D eigenvalue weighted by Gasteiger charge is -2.16. The van der Waals surface area contributed by atoms with Crippen molar-refractivity contribution < 1.29 is 9.53 Å². The Hall–Kier alpha value is -1.26. The molecule has 4 nitrogen and oxygen atoms in total. The molecule has 1 aromatic carbocycles. The van der Waals surface area contributed by atoms with E-state index < -0.39 is 6.10 Å².